The third-order valence-electron chi connectivity index (χ3n) is 4.62. The molecule has 3 rings (SSSR count). The van der Waals surface area contributed by atoms with E-state index in [2.05, 4.69) is 0 Å². The number of aliphatic hydroxyl groups is 1. The smallest absolute Gasteiger partial charge is 0.305 e. The van der Waals surface area contributed by atoms with E-state index in [1.165, 1.54) is 24.3 Å². The Labute approximate surface area is 160 Å². The number of benzene rings is 2. The number of carboxylic acids is 1. The van der Waals surface area contributed by atoms with Crippen LogP contribution < -0.4 is 0 Å². The molecule has 28 heavy (non-hydrogen) atoms. The first-order chi connectivity index (χ1) is 13.3. The zero-order chi connectivity index (χ0) is 20.4. The molecule has 0 spiro atoms. The van der Waals surface area contributed by atoms with Crippen LogP contribution in [0.5, 0.6) is 0 Å². The SMILES string of the molecule is Cc1ccc(/C(O)=C2\C(=O)C(=O)N(CCC(=O)O)C2c2ccc(F)cc2)cc1. The number of hydrogen-bond donors (Lipinski definition) is 2. The van der Waals surface area contributed by atoms with Gasteiger partial charge in [0.25, 0.3) is 11.7 Å². The van der Waals surface area contributed by atoms with E-state index in [0.29, 0.717) is 11.1 Å². The standard InChI is InChI=1S/C21H18FNO5/c1-12-2-4-14(5-3-12)19(26)17-18(13-6-8-15(22)9-7-13)23(11-10-16(24)25)21(28)20(17)27/h2-9,18,26H,10-11H2,1H3,(H,24,25)/b19-17+. The highest BCUT2D eigenvalue weighted by atomic mass is 19.1. The van der Waals surface area contributed by atoms with Gasteiger partial charge in [0.1, 0.15) is 11.6 Å². The molecule has 1 saturated heterocycles. The van der Waals surface area contributed by atoms with Gasteiger partial charge in [0.05, 0.1) is 18.0 Å². The second-order valence-electron chi connectivity index (χ2n) is 6.55. The maximum absolute atomic E-state index is 13.3. The summed E-state index contributed by atoms with van der Waals surface area (Å²) in [4.78, 5) is 37.3. The number of aliphatic carboxylic acids is 1. The lowest BCUT2D eigenvalue weighted by Gasteiger charge is -2.24. The Kier molecular flexibility index (Phi) is 5.26. The van der Waals surface area contributed by atoms with Crippen molar-refractivity contribution in [3.63, 3.8) is 0 Å². The molecular weight excluding hydrogens is 365 g/mol. The Balaban J connectivity index is 2.14. The molecule has 1 unspecified atom stereocenters. The van der Waals surface area contributed by atoms with Crippen LogP contribution in [0.3, 0.4) is 0 Å². The number of likely N-dealkylation sites (tertiary alicyclic amines) is 1. The molecule has 0 aromatic heterocycles. The summed E-state index contributed by atoms with van der Waals surface area (Å²) in [7, 11) is 0. The first-order valence-electron chi connectivity index (χ1n) is 8.62. The van der Waals surface area contributed by atoms with Gasteiger partial charge < -0.3 is 15.1 Å². The number of carbonyl (C=O) groups is 3. The van der Waals surface area contributed by atoms with Crippen LogP contribution in [0.1, 0.15) is 29.2 Å². The van der Waals surface area contributed by atoms with E-state index in [-0.39, 0.29) is 24.3 Å². The average Bonchev–Trinajstić information content (AvgIpc) is 2.91. The van der Waals surface area contributed by atoms with Crippen LogP contribution in [0.2, 0.25) is 0 Å². The maximum Gasteiger partial charge on any atom is 0.305 e. The van der Waals surface area contributed by atoms with Gasteiger partial charge in [-0.25, -0.2) is 4.39 Å². The molecule has 7 heteroatoms. The summed E-state index contributed by atoms with van der Waals surface area (Å²) in [5.74, 6) is -3.78. The molecule has 2 aromatic carbocycles. The highest BCUT2D eigenvalue weighted by Crippen LogP contribution is 2.39. The van der Waals surface area contributed by atoms with Crippen molar-refractivity contribution >= 4 is 23.4 Å². The van der Waals surface area contributed by atoms with E-state index in [1.807, 2.05) is 6.92 Å². The van der Waals surface area contributed by atoms with Gasteiger partial charge in [0.2, 0.25) is 0 Å². The van der Waals surface area contributed by atoms with Crippen LogP contribution in [-0.4, -0.2) is 39.3 Å². The van der Waals surface area contributed by atoms with Crippen LogP contribution in [-0.2, 0) is 14.4 Å². The molecule has 1 aliphatic rings. The van der Waals surface area contributed by atoms with E-state index in [1.54, 1.807) is 24.3 Å². The minimum absolute atomic E-state index is 0.147. The predicted molar refractivity (Wildman–Crippen MR) is 98.8 cm³/mol. The molecule has 1 atom stereocenters. The summed E-state index contributed by atoms with van der Waals surface area (Å²) in [6.07, 6.45) is -0.366. The van der Waals surface area contributed by atoms with Gasteiger partial charge in [-0.3, -0.25) is 14.4 Å². The number of nitrogens with zero attached hydrogens (tertiary/aromatic N) is 1. The second kappa shape index (κ2) is 7.64. The molecule has 144 valence electrons. The number of aryl methyl sites for hydroxylation is 1. The Morgan fingerprint density at radius 2 is 1.64 bits per heavy atom. The summed E-state index contributed by atoms with van der Waals surface area (Å²) in [6.45, 7) is 1.65. The van der Waals surface area contributed by atoms with Crippen LogP contribution in [0.25, 0.3) is 5.76 Å². The van der Waals surface area contributed by atoms with Gasteiger partial charge in [0, 0.05) is 12.1 Å². The fourth-order valence-corrected chi connectivity index (χ4v) is 3.19. The third-order valence-corrected chi connectivity index (χ3v) is 4.62. The molecule has 0 saturated carbocycles. The molecule has 6 nitrogen and oxygen atoms in total. The molecule has 0 aliphatic carbocycles. The normalized spacial score (nSPS) is 18.5. The van der Waals surface area contributed by atoms with E-state index in [0.717, 1.165) is 10.5 Å². The zero-order valence-corrected chi connectivity index (χ0v) is 15.1. The van der Waals surface area contributed by atoms with Crippen molar-refractivity contribution in [2.24, 2.45) is 0 Å². The highest BCUT2D eigenvalue weighted by Gasteiger charge is 2.46. The molecule has 1 aliphatic heterocycles. The number of carboxylic acid groups (broad SMARTS) is 1. The molecule has 0 radical (unpaired) electrons. The molecule has 1 heterocycles. The highest BCUT2D eigenvalue weighted by molar-refractivity contribution is 6.46. The number of halogens is 1. The Hall–Kier alpha value is -3.48. The van der Waals surface area contributed by atoms with Crippen LogP contribution in [0.15, 0.2) is 54.1 Å². The Morgan fingerprint density at radius 1 is 1.04 bits per heavy atom. The van der Waals surface area contributed by atoms with Gasteiger partial charge in [-0.2, -0.15) is 0 Å². The van der Waals surface area contributed by atoms with Gasteiger partial charge in [0.15, 0.2) is 0 Å². The monoisotopic (exact) mass is 383 g/mol. The summed E-state index contributed by atoms with van der Waals surface area (Å²) in [5.41, 5.74) is 1.56. The largest absolute Gasteiger partial charge is 0.507 e. The summed E-state index contributed by atoms with van der Waals surface area (Å²) < 4.78 is 13.3. The number of hydrogen-bond acceptors (Lipinski definition) is 4. The van der Waals surface area contributed by atoms with Crippen LogP contribution in [0.4, 0.5) is 4.39 Å². The number of amides is 1. The van der Waals surface area contributed by atoms with E-state index in [9.17, 15) is 23.9 Å². The number of Topliss-reactive ketones (excluding diaryl/α,β-unsaturated/α-hetero) is 1. The van der Waals surface area contributed by atoms with Crippen molar-refractivity contribution < 1.29 is 29.0 Å². The average molecular weight is 383 g/mol. The minimum atomic E-state index is -1.13. The second-order valence-corrected chi connectivity index (χ2v) is 6.55. The molecule has 0 bridgehead atoms. The number of rotatable bonds is 5. The fraction of sp³-hybridized carbons (Fsp3) is 0.190. The van der Waals surface area contributed by atoms with Crippen LogP contribution in [0, 0.1) is 12.7 Å². The lowest BCUT2D eigenvalue weighted by atomic mass is 9.95. The first-order valence-corrected chi connectivity index (χ1v) is 8.62. The molecule has 2 N–H and O–H groups in total. The zero-order valence-electron chi connectivity index (χ0n) is 15.1. The van der Waals surface area contributed by atoms with Crippen molar-refractivity contribution in [1.29, 1.82) is 0 Å². The predicted octanol–water partition coefficient (Wildman–Crippen LogP) is 3.03. The number of carbonyl (C=O) groups excluding carboxylic acids is 2. The molecular formula is C21H18FNO5. The van der Waals surface area contributed by atoms with E-state index in [4.69, 9.17) is 5.11 Å². The quantitative estimate of drug-likeness (QED) is 0.470. The summed E-state index contributed by atoms with van der Waals surface area (Å²) >= 11 is 0. The lowest BCUT2D eigenvalue weighted by molar-refractivity contribution is -0.142. The molecule has 2 aromatic rings. The fourth-order valence-electron chi connectivity index (χ4n) is 3.19. The van der Waals surface area contributed by atoms with Crippen molar-refractivity contribution in [1.82, 2.24) is 4.90 Å². The Bertz CT molecular complexity index is 963. The van der Waals surface area contributed by atoms with Crippen molar-refractivity contribution in [3.8, 4) is 0 Å². The minimum Gasteiger partial charge on any atom is -0.507 e. The molecule has 1 amide bonds. The first kappa shape index (κ1) is 19.3. The number of ketones is 1. The van der Waals surface area contributed by atoms with Crippen molar-refractivity contribution in [2.45, 2.75) is 19.4 Å². The summed E-state index contributed by atoms with van der Waals surface area (Å²) in [6, 6.07) is 10.9. The lowest BCUT2D eigenvalue weighted by Crippen LogP contribution is -2.31. The van der Waals surface area contributed by atoms with Crippen LogP contribution >= 0.6 is 0 Å². The van der Waals surface area contributed by atoms with Gasteiger partial charge in [-0.1, -0.05) is 42.0 Å². The Morgan fingerprint density at radius 3 is 2.21 bits per heavy atom. The van der Waals surface area contributed by atoms with Crippen molar-refractivity contribution in [2.75, 3.05) is 6.54 Å². The topological polar surface area (TPSA) is 94.9 Å². The molecule has 1 fully saturated rings. The van der Waals surface area contributed by atoms with E-state index < -0.39 is 29.5 Å². The number of aliphatic hydroxyl groups excluding tert-OH is 1. The van der Waals surface area contributed by atoms with Gasteiger partial charge in [-0.15, -0.1) is 0 Å². The van der Waals surface area contributed by atoms with E-state index >= 15 is 0 Å². The maximum atomic E-state index is 13.3. The third kappa shape index (κ3) is 3.64. The van der Waals surface area contributed by atoms with Gasteiger partial charge in [-0.05, 0) is 24.6 Å². The summed E-state index contributed by atoms with van der Waals surface area (Å²) in [5, 5.41) is 19.7. The van der Waals surface area contributed by atoms with Gasteiger partial charge >= 0.3 is 5.97 Å². The van der Waals surface area contributed by atoms with Crippen molar-refractivity contribution in [3.05, 3.63) is 76.6 Å².